The van der Waals surface area contributed by atoms with E-state index >= 15 is 0 Å². The third kappa shape index (κ3) is 5.87. The summed E-state index contributed by atoms with van der Waals surface area (Å²) in [5.74, 6) is 0. The van der Waals surface area contributed by atoms with Crippen molar-refractivity contribution in [2.45, 2.75) is 35.7 Å². The summed E-state index contributed by atoms with van der Waals surface area (Å²) in [7, 11) is 14.7. The van der Waals surface area contributed by atoms with Crippen LogP contribution in [0.2, 0.25) is 0 Å². The Morgan fingerprint density at radius 1 is 0.708 bits per heavy atom. The standard InChI is InChI=1S/C26H19F6.C12H9Si.2ClH.Zr/c1-2-6-17-9-10-18-11-19(16-7-4-3-5-8-16)14-23(18)24(17)20-12-21(25(27,28)29)15-22(13-20)26(30,31)32;1-3-7-11-9(5-1)10-6-2-4-8-12(10)13-11;;;/h3-5,7-15H,2,6H2,1H3;1-7H,13H2;2*1H;/q;;;;+2/p-2. The molecule has 5 aromatic rings. The van der Waals surface area contributed by atoms with Crippen LogP contribution < -0.4 is 13.6 Å². The van der Waals surface area contributed by atoms with Crippen LogP contribution in [0.4, 0.5) is 26.3 Å². The normalized spacial score (nSPS) is 16.1. The Kier molecular flexibility index (Phi) is 8.72. The van der Waals surface area contributed by atoms with Crippen molar-refractivity contribution in [3.05, 3.63) is 137 Å². The molecule has 244 valence electrons. The van der Waals surface area contributed by atoms with Gasteiger partial charge >= 0.3 is 291 Å². The maximum atomic E-state index is 14.1. The summed E-state index contributed by atoms with van der Waals surface area (Å²) in [5.41, 5.74) is 3.55. The summed E-state index contributed by atoms with van der Waals surface area (Å²) in [4.78, 5) is 0. The molecule has 0 radical (unpaired) electrons. The van der Waals surface area contributed by atoms with E-state index in [1.165, 1.54) is 15.9 Å². The number of alkyl halides is 6. The first-order valence-corrected chi connectivity index (χ1v) is 26.0. The fraction of sp³-hybridized carbons (Fsp3) is 0.158. The molecule has 1 aliphatic carbocycles. The van der Waals surface area contributed by atoms with Crippen LogP contribution in [0.1, 0.15) is 50.4 Å². The van der Waals surface area contributed by atoms with Crippen molar-refractivity contribution in [1.29, 1.82) is 0 Å². The summed E-state index contributed by atoms with van der Waals surface area (Å²) in [5, 5.41) is 2.54. The predicted molar refractivity (Wildman–Crippen MR) is 184 cm³/mol. The molecule has 0 spiro atoms. The number of benzene rings is 5. The first-order chi connectivity index (χ1) is 22.8. The van der Waals surface area contributed by atoms with Gasteiger partial charge in [-0.1, -0.05) is 0 Å². The first kappa shape index (κ1) is 33.6. The SMILES string of the molecule is CCCc1ccc2c(c1-c1cc(C(F)(F)F)cc(C(F)(F)F)c1)C=C(c1ccccc1)[CH]2[Zr]([Cl])([Cl])[c]1cccc2c1[SiH2]c1ccccc1-2. The van der Waals surface area contributed by atoms with Gasteiger partial charge in [0.25, 0.3) is 0 Å². The summed E-state index contributed by atoms with van der Waals surface area (Å²) in [6.07, 6.45) is -6.93. The van der Waals surface area contributed by atoms with Crippen LogP contribution in [0.5, 0.6) is 0 Å². The Balaban J connectivity index is 1.49. The van der Waals surface area contributed by atoms with Gasteiger partial charge in [0.15, 0.2) is 0 Å². The van der Waals surface area contributed by atoms with E-state index in [2.05, 4.69) is 18.2 Å². The van der Waals surface area contributed by atoms with E-state index in [1.807, 2.05) is 79.7 Å². The number of aryl methyl sites for hydroxylation is 1. The van der Waals surface area contributed by atoms with Crippen LogP contribution in [0.3, 0.4) is 0 Å². The van der Waals surface area contributed by atoms with Gasteiger partial charge in [0, 0.05) is 0 Å². The van der Waals surface area contributed by atoms with Gasteiger partial charge in [-0.15, -0.1) is 0 Å². The van der Waals surface area contributed by atoms with Gasteiger partial charge < -0.3 is 0 Å². The molecule has 1 atom stereocenters. The summed E-state index contributed by atoms with van der Waals surface area (Å²) >= 11 is -4.56. The second kappa shape index (κ2) is 12.5. The number of rotatable bonds is 6. The number of allylic oxidation sites excluding steroid dienone is 1. The molecule has 10 heteroatoms. The van der Waals surface area contributed by atoms with Crippen molar-refractivity contribution in [2.75, 3.05) is 0 Å². The third-order valence-electron chi connectivity index (χ3n) is 9.36. The van der Waals surface area contributed by atoms with E-state index in [-0.39, 0.29) is 11.6 Å². The van der Waals surface area contributed by atoms with Crippen LogP contribution in [0.25, 0.3) is 33.9 Å². The topological polar surface area (TPSA) is 0 Å². The van der Waals surface area contributed by atoms with Crippen LogP contribution >= 0.6 is 17.0 Å². The molecule has 5 aromatic carbocycles. The van der Waals surface area contributed by atoms with Crippen molar-refractivity contribution >= 4 is 51.8 Å². The summed E-state index contributed by atoms with van der Waals surface area (Å²) in [6, 6.07) is 29.6. The van der Waals surface area contributed by atoms with Crippen LogP contribution in [0.15, 0.2) is 103 Å². The Morgan fingerprint density at radius 3 is 2.02 bits per heavy atom. The first-order valence-electron chi connectivity index (χ1n) is 15.6. The van der Waals surface area contributed by atoms with E-state index < -0.39 is 54.5 Å². The molecule has 0 aromatic heterocycles. The number of hydrogen-bond acceptors (Lipinski definition) is 0. The van der Waals surface area contributed by atoms with Gasteiger partial charge in [-0.05, 0) is 0 Å². The molecule has 7 rings (SSSR count). The molecular formula is C38H28Cl2F6SiZr. The fourth-order valence-corrected chi connectivity index (χ4v) is 23.8. The monoisotopic (exact) mass is 786 g/mol. The van der Waals surface area contributed by atoms with Crippen LogP contribution in [0, 0.1) is 0 Å². The quantitative estimate of drug-likeness (QED) is 0.117. The predicted octanol–water partition coefficient (Wildman–Crippen LogP) is 9.83. The molecule has 1 heterocycles. The molecule has 2 aliphatic rings. The Labute approximate surface area is 288 Å². The Hall–Kier alpha value is -2.90. The molecule has 0 bridgehead atoms. The molecular weight excluding hydrogens is 761 g/mol. The van der Waals surface area contributed by atoms with Crippen molar-refractivity contribution in [3.63, 3.8) is 0 Å². The zero-order valence-corrected chi connectivity index (χ0v) is 31.0. The van der Waals surface area contributed by atoms with Gasteiger partial charge in [-0.3, -0.25) is 0 Å². The van der Waals surface area contributed by atoms with E-state index in [1.54, 1.807) is 0 Å². The van der Waals surface area contributed by atoms with Crippen molar-refractivity contribution in [1.82, 2.24) is 0 Å². The van der Waals surface area contributed by atoms with Crippen molar-refractivity contribution < 1.29 is 44.2 Å². The Morgan fingerprint density at radius 2 is 1.35 bits per heavy atom. The minimum atomic E-state index is -4.97. The summed E-state index contributed by atoms with van der Waals surface area (Å²) < 4.78 is 84.9. The molecule has 0 fully saturated rings. The van der Waals surface area contributed by atoms with E-state index in [0.29, 0.717) is 29.5 Å². The van der Waals surface area contributed by atoms with E-state index in [0.717, 1.165) is 37.7 Å². The van der Waals surface area contributed by atoms with E-state index in [4.69, 9.17) is 17.0 Å². The third-order valence-corrected chi connectivity index (χ3v) is 23.6. The van der Waals surface area contributed by atoms with Crippen molar-refractivity contribution in [3.8, 4) is 22.3 Å². The molecule has 1 unspecified atom stereocenters. The van der Waals surface area contributed by atoms with Gasteiger partial charge in [-0.2, -0.15) is 0 Å². The average molecular weight is 789 g/mol. The second-order valence-electron chi connectivity index (χ2n) is 12.3. The number of fused-ring (bicyclic) bond motifs is 4. The number of hydrogen-bond donors (Lipinski definition) is 0. The van der Waals surface area contributed by atoms with Crippen LogP contribution in [-0.4, -0.2) is 9.52 Å². The second-order valence-corrected chi connectivity index (χ2v) is 28.2. The average Bonchev–Trinajstić information content (AvgIpc) is 3.63. The molecule has 0 saturated carbocycles. The summed E-state index contributed by atoms with van der Waals surface area (Å²) in [6.45, 7) is 1.93. The van der Waals surface area contributed by atoms with Gasteiger partial charge in [0.1, 0.15) is 0 Å². The molecule has 0 amide bonds. The van der Waals surface area contributed by atoms with Crippen LogP contribution in [-0.2, 0) is 36.7 Å². The minimum absolute atomic E-state index is 0.129. The molecule has 0 nitrogen and oxygen atoms in total. The van der Waals surface area contributed by atoms with Gasteiger partial charge in [0.2, 0.25) is 0 Å². The zero-order valence-electron chi connectivity index (χ0n) is 25.6. The molecule has 1 aliphatic heterocycles. The molecule has 48 heavy (non-hydrogen) atoms. The van der Waals surface area contributed by atoms with Gasteiger partial charge in [0.05, 0.1) is 0 Å². The van der Waals surface area contributed by atoms with Gasteiger partial charge in [-0.25, -0.2) is 0 Å². The molecule has 0 saturated heterocycles. The van der Waals surface area contributed by atoms with Crippen molar-refractivity contribution in [2.24, 2.45) is 0 Å². The number of halogens is 8. The molecule has 0 N–H and O–H groups in total. The fourth-order valence-electron chi connectivity index (χ4n) is 7.31. The maximum absolute atomic E-state index is 14.1. The Bertz CT molecular complexity index is 2050. The zero-order chi connectivity index (χ0) is 34.0. The van der Waals surface area contributed by atoms with E-state index in [9.17, 15) is 26.3 Å².